The van der Waals surface area contributed by atoms with Gasteiger partial charge in [0.1, 0.15) is 5.76 Å². The molecule has 0 radical (unpaired) electrons. The van der Waals surface area contributed by atoms with Crippen molar-refractivity contribution in [2.75, 3.05) is 13.1 Å². The summed E-state index contributed by atoms with van der Waals surface area (Å²) < 4.78 is 5.21. The molecule has 1 N–H and O–H groups in total. The fourth-order valence-corrected chi connectivity index (χ4v) is 1.58. The van der Waals surface area contributed by atoms with Crippen LogP contribution in [0.2, 0.25) is 0 Å². The number of likely N-dealkylation sites (tertiary alicyclic amines) is 1. The average Bonchev–Trinajstić information content (AvgIpc) is 2.63. The minimum absolute atomic E-state index is 0.139. The summed E-state index contributed by atoms with van der Waals surface area (Å²) in [5.41, 5.74) is 0. The molecule has 3 heteroatoms. The zero-order valence-electron chi connectivity index (χ0n) is 6.94. The van der Waals surface area contributed by atoms with Gasteiger partial charge in [-0.3, -0.25) is 4.90 Å². The van der Waals surface area contributed by atoms with E-state index in [0.717, 1.165) is 31.8 Å². The zero-order chi connectivity index (χ0) is 8.39. The Labute approximate surface area is 71.6 Å². The van der Waals surface area contributed by atoms with Gasteiger partial charge in [0.25, 0.3) is 0 Å². The molecule has 0 bridgehead atoms. The molecule has 1 aromatic heterocycles. The molecule has 1 saturated heterocycles. The van der Waals surface area contributed by atoms with E-state index >= 15 is 0 Å². The van der Waals surface area contributed by atoms with Crippen molar-refractivity contribution in [3.8, 4) is 0 Å². The molecule has 0 unspecified atom stereocenters. The first-order chi connectivity index (χ1) is 5.84. The van der Waals surface area contributed by atoms with Crippen LogP contribution in [0.1, 0.15) is 12.2 Å². The Kier molecular flexibility index (Phi) is 2.15. The molecule has 66 valence electrons. The lowest BCUT2D eigenvalue weighted by Gasteiger charge is -2.11. The Morgan fingerprint density at radius 3 is 3.17 bits per heavy atom. The number of nitrogens with zero attached hydrogens (tertiary/aromatic N) is 1. The van der Waals surface area contributed by atoms with E-state index in [1.165, 1.54) is 0 Å². The summed E-state index contributed by atoms with van der Waals surface area (Å²) >= 11 is 0. The number of rotatable bonds is 2. The molecule has 0 aromatic carbocycles. The smallest absolute Gasteiger partial charge is 0.117 e. The van der Waals surface area contributed by atoms with Crippen molar-refractivity contribution < 1.29 is 9.52 Å². The van der Waals surface area contributed by atoms with Gasteiger partial charge in [0.2, 0.25) is 0 Å². The highest BCUT2D eigenvalue weighted by atomic mass is 16.3. The van der Waals surface area contributed by atoms with Gasteiger partial charge in [-0.15, -0.1) is 0 Å². The van der Waals surface area contributed by atoms with Crippen LogP contribution in [-0.2, 0) is 6.54 Å². The Bertz CT molecular complexity index is 233. The maximum absolute atomic E-state index is 9.26. The molecule has 0 amide bonds. The van der Waals surface area contributed by atoms with Crippen LogP contribution in [0.3, 0.4) is 0 Å². The molecule has 1 aromatic rings. The maximum atomic E-state index is 9.26. The number of β-amino-alcohol motifs (C(OH)–C–C–N with tert-alkyl or cyclic N) is 1. The number of aliphatic hydroxyl groups excluding tert-OH is 1. The fourth-order valence-electron chi connectivity index (χ4n) is 1.58. The van der Waals surface area contributed by atoms with Crippen molar-refractivity contribution in [2.24, 2.45) is 0 Å². The van der Waals surface area contributed by atoms with Gasteiger partial charge in [-0.25, -0.2) is 0 Å². The molecule has 1 fully saturated rings. The Morgan fingerprint density at radius 1 is 1.67 bits per heavy atom. The minimum atomic E-state index is -0.139. The van der Waals surface area contributed by atoms with Crippen molar-refractivity contribution in [3.05, 3.63) is 24.2 Å². The molecule has 2 heterocycles. The van der Waals surface area contributed by atoms with Crippen molar-refractivity contribution in [3.63, 3.8) is 0 Å². The van der Waals surface area contributed by atoms with E-state index in [0.29, 0.717) is 0 Å². The average molecular weight is 167 g/mol. The Morgan fingerprint density at radius 2 is 2.58 bits per heavy atom. The number of hydrogen-bond donors (Lipinski definition) is 1. The van der Waals surface area contributed by atoms with Crippen molar-refractivity contribution in [1.82, 2.24) is 4.90 Å². The highest BCUT2D eigenvalue weighted by Gasteiger charge is 2.20. The van der Waals surface area contributed by atoms with E-state index < -0.39 is 0 Å². The molecule has 0 saturated carbocycles. The molecular weight excluding hydrogens is 154 g/mol. The fraction of sp³-hybridized carbons (Fsp3) is 0.556. The number of aliphatic hydroxyl groups is 1. The van der Waals surface area contributed by atoms with E-state index in [9.17, 15) is 5.11 Å². The largest absolute Gasteiger partial charge is 0.468 e. The van der Waals surface area contributed by atoms with Crippen LogP contribution in [0.15, 0.2) is 22.8 Å². The van der Waals surface area contributed by atoms with Gasteiger partial charge in [0.15, 0.2) is 0 Å². The maximum Gasteiger partial charge on any atom is 0.117 e. The summed E-state index contributed by atoms with van der Waals surface area (Å²) in [7, 11) is 0. The number of hydrogen-bond acceptors (Lipinski definition) is 3. The van der Waals surface area contributed by atoms with Gasteiger partial charge >= 0.3 is 0 Å². The van der Waals surface area contributed by atoms with Crippen molar-refractivity contribution >= 4 is 0 Å². The van der Waals surface area contributed by atoms with Crippen LogP contribution in [0, 0.1) is 0 Å². The van der Waals surface area contributed by atoms with Gasteiger partial charge in [0.05, 0.1) is 18.9 Å². The standard InChI is InChI=1S/C9H13NO2/c11-8-3-4-10(6-8)7-9-2-1-5-12-9/h1-2,5,8,11H,3-4,6-7H2/t8-/m1/s1. The molecule has 12 heavy (non-hydrogen) atoms. The van der Waals surface area contributed by atoms with Crippen molar-refractivity contribution in [2.45, 2.75) is 19.1 Å². The Hall–Kier alpha value is -0.800. The van der Waals surface area contributed by atoms with Gasteiger partial charge in [-0.1, -0.05) is 0 Å². The highest BCUT2D eigenvalue weighted by molar-refractivity contribution is 4.98. The van der Waals surface area contributed by atoms with E-state index in [-0.39, 0.29) is 6.10 Å². The second-order valence-corrected chi connectivity index (χ2v) is 3.26. The third-order valence-electron chi connectivity index (χ3n) is 2.21. The lowest BCUT2D eigenvalue weighted by Crippen LogP contribution is -2.21. The van der Waals surface area contributed by atoms with Crippen LogP contribution in [0.5, 0.6) is 0 Å². The normalized spacial score (nSPS) is 24.9. The first-order valence-electron chi connectivity index (χ1n) is 4.27. The monoisotopic (exact) mass is 167 g/mol. The minimum Gasteiger partial charge on any atom is -0.468 e. The predicted molar refractivity (Wildman–Crippen MR) is 44.6 cm³/mol. The van der Waals surface area contributed by atoms with Crippen LogP contribution in [0.25, 0.3) is 0 Å². The summed E-state index contributed by atoms with van der Waals surface area (Å²) in [6, 6.07) is 3.85. The van der Waals surface area contributed by atoms with E-state index in [1.54, 1.807) is 6.26 Å². The lowest BCUT2D eigenvalue weighted by molar-refractivity contribution is 0.172. The second kappa shape index (κ2) is 3.29. The van der Waals surface area contributed by atoms with Gasteiger partial charge in [0, 0.05) is 13.1 Å². The van der Waals surface area contributed by atoms with E-state index in [2.05, 4.69) is 4.90 Å². The summed E-state index contributed by atoms with van der Waals surface area (Å²) in [5, 5.41) is 9.26. The van der Waals surface area contributed by atoms with Crippen LogP contribution >= 0.6 is 0 Å². The molecule has 3 nitrogen and oxygen atoms in total. The summed E-state index contributed by atoms with van der Waals surface area (Å²) in [4.78, 5) is 2.20. The van der Waals surface area contributed by atoms with E-state index in [4.69, 9.17) is 4.42 Å². The van der Waals surface area contributed by atoms with Crippen molar-refractivity contribution in [1.29, 1.82) is 0 Å². The molecule has 1 atom stereocenters. The molecule has 1 aliphatic rings. The molecule has 2 rings (SSSR count). The third kappa shape index (κ3) is 1.68. The lowest BCUT2D eigenvalue weighted by atomic mass is 10.3. The molecule has 0 spiro atoms. The second-order valence-electron chi connectivity index (χ2n) is 3.26. The summed E-state index contributed by atoms with van der Waals surface area (Å²) in [6.45, 7) is 2.58. The van der Waals surface area contributed by atoms with Gasteiger partial charge in [-0.2, -0.15) is 0 Å². The van der Waals surface area contributed by atoms with Crippen LogP contribution in [0.4, 0.5) is 0 Å². The molecule has 0 aliphatic carbocycles. The first kappa shape index (κ1) is 7.83. The third-order valence-corrected chi connectivity index (χ3v) is 2.21. The summed E-state index contributed by atoms with van der Waals surface area (Å²) in [6.07, 6.45) is 2.43. The molecular formula is C9H13NO2. The van der Waals surface area contributed by atoms with Gasteiger partial charge < -0.3 is 9.52 Å². The predicted octanol–water partition coefficient (Wildman–Crippen LogP) is 0.846. The van der Waals surface area contributed by atoms with Gasteiger partial charge in [-0.05, 0) is 18.6 Å². The zero-order valence-corrected chi connectivity index (χ0v) is 6.94. The quantitative estimate of drug-likeness (QED) is 0.709. The summed E-state index contributed by atoms with van der Waals surface area (Å²) in [5.74, 6) is 0.976. The SMILES string of the molecule is O[C@@H]1CCN(Cc2ccco2)C1. The Balaban J connectivity index is 1.88. The first-order valence-corrected chi connectivity index (χ1v) is 4.27. The van der Waals surface area contributed by atoms with E-state index in [1.807, 2.05) is 12.1 Å². The van der Waals surface area contributed by atoms with Crippen LogP contribution in [-0.4, -0.2) is 29.2 Å². The highest BCUT2D eigenvalue weighted by Crippen LogP contribution is 2.13. The molecule has 1 aliphatic heterocycles. The topological polar surface area (TPSA) is 36.6 Å². The number of furan rings is 1. The van der Waals surface area contributed by atoms with Crippen LogP contribution < -0.4 is 0 Å².